The minimum atomic E-state index is -0.511. The first kappa shape index (κ1) is 30.0. The van der Waals surface area contributed by atoms with E-state index in [1.807, 2.05) is 19.9 Å². The predicted octanol–water partition coefficient (Wildman–Crippen LogP) is 5.88. The number of amides is 4. The normalized spacial score (nSPS) is 16.4. The van der Waals surface area contributed by atoms with Crippen LogP contribution in [0.5, 0.6) is 11.5 Å². The number of halogens is 2. The Hall–Kier alpha value is -3.02. The van der Waals surface area contributed by atoms with Crippen LogP contribution < -0.4 is 14.8 Å². The van der Waals surface area contributed by atoms with Gasteiger partial charge in [-0.1, -0.05) is 17.7 Å². The molecule has 0 bridgehead atoms. The molecule has 1 N–H and O–H groups in total. The van der Waals surface area contributed by atoms with Gasteiger partial charge in [0.1, 0.15) is 6.54 Å². The van der Waals surface area contributed by atoms with Gasteiger partial charge in [-0.2, -0.15) is 0 Å². The monoisotopic (exact) mass is 649 g/mol. The van der Waals surface area contributed by atoms with Crippen LogP contribution in [0.25, 0.3) is 6.08 Å². The Morgan fingerprint density at radius 1 is 1.12 bits per heavy atom. The summed E-state index contributed by atoms with van der Waals surface area (Å²) in [5.74, 6) is -0.445. The average molecular weight is 651 g/mol. The van der Waals surface area contributed by atoms with Crippen LogP contribution in [0.4, 0.5) is 10.5 Å². The molecule has 2 aromatic rings. The Balaban J connectivity index is 1.45. The molecule has 12 heteroatoms. The number of aryl methyl sites for hydroxylation is 1. The topological polar surface area (TPSA) is 105 Å². The molecule has 0 atom stereocenters. The van der Waals surface area contributed by atoms with Gasteiger partial charge in [-0.3, -0.25) is 24.1 Å². The fourth-order valence-electron chi connectivity index (χ4n) is 4.25. The second-order valence-corrected chi connectivity index (χ2v) is 11.5. The molecule has 9 nitrogen and oxygen atoms in total. The third-order valence-corrected chi connectivity index (χ3v) is 8.21. The second kappa shape index (κ2) is 13.6. The van der Waals surface area contributed by atoms with Crippen LogP contribution in [-0.4, -0.2) is 65.6 Å². The maximum absolute atomic E-state index is 13.0. The van der Waals surface area contributed by atoms with E-state index < -0.39 is 11.1 Å². The molecule has 212 valence electrons. The van der Waals surface area contributed by atoms with Crippen molar-refractivity contribution < 1.29 is 28.7 Å². The molecule has 2 aliphatic rings. The Morgan fingerprint density at radius 2 is 1.88 bits per heavy atom. The van der Waals surface area contributed by atoms with Gasteiger partial charge in [0.25, 0.3) is 17.1 Å². The Labute approximate surface area is 250 Å². The number of benzene rings is 2. The average Bonchev–Trinajstić information content (AvgIpc) is 3.18. The number of ether oxygens (including phenoxy) is 2. The molecule has 0 saturated carbocycles. The summed E-state index contributed by atoms with van der Waals surface area (Å²) >= 11 is 10.4. The molecule has 2 aromatic carbocycles. The molecule has 0 unspecified atom stereocenters. The number of carbonyl (C=O) groups excluding carboxylic acids is 4. The molecule has 2 heterocycles. The minimum absolute atomic E-state index is 0.204. The van der Waals surface area contributed by atoms with E-state index in [0.717, 1.165) is 41.5 Å². The van der Waals surface area contributed by atoms with Crippen molar-refractivity contribution in [3.63, 3.8) is 0 Å². The van der Waals surface area contributed by atoms with E-state index >= 15 is 0 Å². The second-order valence-electron chi connectivity index (χ2n) is 9.27. The highest BCUT2D eigenvalue weighted by atomic mass is 79.9. The molecular weight excluding hydrogens is 622 g/mol. The number of thioether (sulfide) groups is 1. The largest absolute Gasteiger partial charge is 0.490 e. The van der Waals surface area contributed by atoms with Crippen molar-refractivity contribution in [2.45, 2.75) is 33.1 Å². The standard InChI is InChI=1S/C28H29BrClN3O6S/c1-3-38-22-12-18(11-20(29)26(22)39-16-24(34)31-19-8-7-17(2)21(30)14-19)13-23-27(36)33(28(37)40-23)15-25(35)32-9-5-4-6-10-32/h7-8,11-14H,3-6,9-10,15-16H2,1-2H3,(H,31,34)/b23-13-. The van der Waals surface area contributed by atoms with E-state index in [1.165, 1.54) is 0 Å². The van der Waals surface area contributed by atoms with Gasteiger partial charge in [-0.15, -0.1) is 0 Å². The molecule has 2 saturated heterocycles. The van der Waals surface area contributed by atoms with E-state index in [0.29, 0.717) is 51.9 Å². The molecule has 0 aromatic heterocycles. The van der Waals surface area contributed by atoms with Gasteiger partial charge in [0.15, 0.2) is 18.1 Å². The van der Waals surface area contributed by atoms with E-state index in [2.05, 4.69) is 21.2 Å². The number of hydrogen-bond donors (Lipinski definition) is 1. The summed E-state index contributed by atoms with van der Waals surface area (Å²) in [6, 6.07) is 8.58. The van der Waals surface area contributed by atoms with Crippen molar-refractivity contribution in [1.82, 2.24) is 9.80 Å². The number of likely N-dealkylation sites (tertiary alicyclic amines) is 1. The number of imide groups is 1. The van der Waals surface area contributed by atoms with Gasteiger partial charge in [0.05, 0.1) is 16.0 Å². The van der Waals surface area contributed by atoms with Gasteiger partial charge in [0, 0.05) is 23.8 Å². The molecule has 0 spiro atoms. The van der Waals surface area contributed by atoms with E-state index in [-0.39, 0.29) is 29.9 Å². The highest BCUT2D eigenvalue weighted by molar-refractivity contribution is 9.10. The Kier molecular flexibility index (Phi) is 10.2. The smallest absolute Gasteiger partial charge is 0.294 e. The summed E-state index contributed by atoms with van der Waals surface area (Å²) in [5.41, 5.74) is 2.03. The first-order chi connectivity index (χ1) is 19.2. The van der Waals surface area contributed by atoms with Crippen LogP contribution >= 0.6 is 39.3 Å². The highest BCUT2D eigenvalue weighted by Gasteiger charge is 2.37. The summed E-state index contributed by atoms with van der Waals surface area (Å²) in [7, 11) is 0. The lowest BCUT2D eigenvalue weighted by atomic mass is 10.1. The molecule has 40 heavy (non-hydrogen) atoms. The van der Waals surface area contributed by atoms with E-state index in [9.17, 15) is 19.2 Å². The minimum Gasteiger partial charge on any atom is -0.490 e. The van der Waals surface area contributed by atoms with Crippen molar-refractivity contribution in [3.8, 4) is 11.5 Å². The first-order valence-corrected chi connectivity index (χ1v) is 14.8. The van der Waals surface area contributed by atoms with Gasteiger partial charge in [-0.25, -0.2) is 0 Å². The lowest BCUT2D eigenvalue weighted by Crippen LogP contribution is -2.44. The number of carbonyl (C=O) groups is 4. The van der Waals surface area contributed by atoms with Gasteiger partial charge in [-0.05, 0) is 102 Å². The SMILES string of the molecule is CCOc1cc(/C=C2\SC(=O)N(CC(=O)N3CCCCC3)C2=O)cc(Br)c1OCC(=O)Nc1ccc(C)c(Cl)c1. The van der Waals surface area contributed by atoms with Crippen LogP contribution in [0.3, 0.4) is 0 Å². The molecule has 4 rings (SSSR count). The molecule has 0 aliphatic carbocycles. The van der Waals surface area contributed by atoms with Crippen LogP contribution in [0, 0.1) is 6.92 Å². The Bertz CT molecular complexity index is 1360. The third kappa shape index (κ3) is 7.38. The molecule has 0 radical (unpaired) electrons. The van der Waals surface area contributed by atoms with Gasteiger partial charge >= 0.3 is 0 Å². The number of nitrogens with one attached hydrogen (secondary N) is 1. The Morgan fingerprint density at radius 3 is 2.58 bits per heavy atom. The summed E-state index contributed by atoms with van der Waals surface area (Å²) < 4.78 is 12.0. The molecule has 4 amide bonds. The fourth-order valence-corrected chi connectivity index (χ4v) is 5.84. The highest BCUT2D eigenvalue weighted by Crippen LogP contribution is 2.39. The summed E-state index contributed by atoms with van der Waals surface area (Å²) in [4.78, 5) is 53.6. The van der Waals surface area contributed by atoms with E-state index in [1.54, 1.807) is 35.2 Å². The van der Waals surface area contributed by atoms with Crippen LogP contribution in [0.1, 0.15) is 37.3 Å². The maximum atomic E-state index is 13.0. The first-order valence-electron chi connectivity index (χ1n) is 12.8. The van der Waals surface area contributed by atoms with Crippen molar-refractivity contribution in [2.24, 2.45) is 0 Å². The fraction of sp³-hybridized carbons (Fsp3) is 0.357. The van der Waals surface area contributed by atoms with Gasteiger partial charge < -0.3 is 19.7 Å². The zero-order valence-corrected chi connectivity index (χ0v) is 25.3. The van der Waals surface area contributed by atoms with Crippen molar-refractivity contribution >= 4 is 74.0 Å². The van der Waals surface area contributed by atoms with Crippen molar-refractivity contribution in [1.29, 1.82) is 0 Å². The number of piperidine rings is 1. The lowest BCUT2D eigenvalue weighted by Gasteiger charge is -2.27. The summed E-state index contributed by atoms with van der Waals surface area (Å²) in [6.07, 6.45) is 4.50. The zero-order valence-electron chi connectivity index (χ0n) is 22.1. The van der Waals surface area contributed by atoms with Crippen molar-refractivity contribution in [3.05, 3.63) is 55.9 Å². The maximum Gasteiger partial charge on any atom is 0.294 e. The number of rotatable bonds is 9. The number of anilines is 1. The quantitative estimate of drug-likeness (QED) is 0.338. The van der Waals surface area contributed by atoms with Crippen LogP contribution in [-0.2, 0) is 14.4 Å². The van der Waals surface area contributed by atoms with Crippen LogP contribution in [0.2, 0.25) is 5.02 Å². The molecular formula is C28H29BrClN3O6S. The third-order valence-electron chi connectivity index (χ3n) is 6.31. The van der Waals surface area contributed by atoms with Gasteiger partial charge in [0.2, 0.25) is 5.91 Å². The van der Waals surface area contributed by atoms with Crippen LogP contribution in [0.15, 0.2) is 39.7 Å². The summed E-state index contributed by atoms with van der Waals surface area (Å²) in [5, 5.41) is 2.80. The zero-order chi connectivity index (χ0) is 28.8. The number of nitrogens with zero attached hydrogens (tertiary/aromatic N) is 2. The molecule has 2 fully saturated rings. The lowest BCUT2D eigenvalue weighted by molar-refractivity contribution is -0.136. The summed E-state index contributed by atoms with van der Waals surface area (Å²) in [6.45, 7) is 4.76. The predicted molar refractivity (Wildman–Crippen MR) is 159 cm³/mol. The van der Waals surface area contributed by atoms with E-state index in [4.69, 9.17) is 21.1 Å². The number of hydrogen-bond acceptors (Lipinski definition) is 7. The molecule has 2 aliphatic heterocycles. The van der Waals surface area contributed by atoms with Crippen molar-refractivity contribution in [2.75, 3.05) is 38.2 Å².